The summed E-state index contributed by atoms with van der Waals surface area (Å²) in [4.78, 5) is 16.8. The van der Waals surface area contributed by atoms with Crippen LogP contribution in [-0.2, 0) is 11.3 Å². The van der Waals surface area contributed by atoms with E-state index in [1.54, 1.807) is 32.4 Å². The lowest BCUT2D eigenvalue weighted by atomic mass is 10.2. The van der Waals surface area contributed by atoms with Gasteiger partial charge in [0.25, 0.3) is 0 Å². The van der Waals surface area contributed by atoms with E-state index in [9.17, 15) is 4.79 Å². The number of nitrogens with zero attached hydrogens (tertiary/aromatic N) is 4. The van der Waals surface area contributed by atoms with Crippen LogP contribution >= 0.6 is 23.4 Å². The molecule has 0 bridgehead atoms. The summed E-state index contributed by atoms with van der Waals surface area (Å²) in [6.45, 7) is 2.23. The van der Waals surface area contributed by atoms with Gasteiger partial charge in [-0.25, -0.2) is 4.98 Å². The van der Waals surface area contributed by atoms with Gasteiger partial charge in [0.2, 0.25) is 5.91 Å². The number of aromatic nitrogens is 4. The normalized spacial score (nSPS) is 11.8. The van der Waals surface area contributed by atoms with E-state index in [0.717, 1.165) is 17.1 Å². The molecule has 3 aromatic heterocycles. The number of methoxy groups -OCH3 is 1. The van der Waals surface area contributed by atoms with Crippen molar-refractivity contribution < 1.29 is 13.9 Å². The maximum Gasteiger partial charge on any atom is 0.238 e. The molecule has 0 spiro atoms. The van der Waals surface area contributed by atoms with Gasteiger partial charge < -0.3 is 14.5 Å². The zero-order valence-electron chi connectivity index (χ0n) is 17.4. The number of hydrogen-bond acceptors (Lipinski definition) is 7. The number of nitrogens with one attached hydrogen (secondary N) is 1. The van der Waals surface area contributed by atoms with Gasteiger partial charge in [0.05, 0.1) is 30.2 Å². The second kappa shape index (κ2) is 9.88. The molecule has 1 N–H and O–H groups in total. The summed E-state index contributed by atoms with van der Waals surface area (Å²) in [6, 6.07) is 14.6. The average molecular weight is 470 g/mol. The molecule has 32 heavy (non-hydrogen) atoms. The molecule has 0 radical (unpaired) electrons. The van der Waals surface area contributed by atoms with Crippen LogP contribution in [0.1, 0.15) is 12.7 Å². The summed E-state index contributed by atoms with van der Waals surface area (Å²) < 4.78 is 12.7. The molecule has 1 aromatic carbocycles. The van der Waals surface area contributed by atoms with Crippen LogP contribution in [0.25, 0.3) is 11.4 Å². The van der Waals surface area contributed by atoms with Crippen LogP contribution in [0, 0.1) is 0 Å². The summed E-state index contributed by atoms with van der Waals surface area (Å²) in [7, 11) is 1.62. The molecule has 0 aliphatic heterocycles. The summed E-state index contributed by atoms with van der Waals surface area (Å²) in [5, 5.41) is 12.2. The Hall–Kier alpha value is -3.30. The smallest absolute Gasteiger partial charge is 0.238 e. The van der Waals surface area contributed by atoms with Crippen LogP contribution in [0.3, 0.4) is 0 Å². The standard InChI is InChI=1S/C22H20ClN5O3S/c1-14(21(29)25-19-10-7-16(23)12-24-19)32-22-27-26-20(15-5-8-17(30-2)9-6-15)28(22)13-18-4-3-11-31-18/h3-12,14H,13H2,1-2H3,(H,24,25,29). The largest absolute Gasteiger partial charge is 0.497 e. The van der Waals surface area contributed by atoms with Gasteiger partial charge in [0.15, 0.2) is 11.0 Å². The monoisotopic (exact) mass is 469 g/mol. The van der Waals surface area contributed by atoms with E-state index in [2.05, 4.69) is 20.5 Å². The van der Waals surface area contributed by atoms with Gasteiger partial charge >= 0.3 is 0 Å². The molecule has 1 unspecified atom stereocenters. The van der Waals surface area contributed by atoms with Gasteiger partial charge in [-0.1, -0.05) is 23.4 Å². The molecule has 0 saturated heterocycles. The molecular weight excluding hydrogens is 450 g/mol. The van der Waals surface area contributed by atoms with Crippen LogP contribution in [0.4, 0.5) is 5.82 Å². The number of benzene rings is 1. The minimum atomic E-state index is -0.448. The summed E-state index contributed by atoms with van der Waals surface area (Å²) >= 11 is 7.15. The van der Waals surface area contributed by atoms with Crippen LogP contribution in [0.15, 0.2) is 70.6 Å². The highest BCUT2D eigenvalue weighted by molar-refractivity contribution is 8.00. The quantitative estimate of drug-likeness (QED) is 0.371. The van der Waals surface area contributed by atoms with Gasteiger partial charge in [0, 0.05) is 11.8 Å². The van der Waals surface area contributed by atoms with Crippen molar-refractivity contribution >= 4 is 35.1 Å². The van der Waals surface area contributed by atoms with Crippen molar-refractivity contribution in [3.8, 4) is 17.1 Å². The third-order valence-electron chi connectivity index (χ3n) is 4.59. The van der Waals surface area contributed by atoms with Gasteiger partial charge in [-0.05, 0) is 55.5 Å². The van der Waals surface area contributed by atoms with E-state index in [1.807, 2.05) is 41.0 Å². The lowest BCUT2D eigenvalue weighted by molar-refractivity contribution is -0.115. The maximum atomic E-state index is 12.7. The number of pyridine rings is 1. The Balaban J connectivity index is 1.57. The summed E-state index contributed by atoms with van der Waals surface area (Å²) in [6.07, 6.45) is 3.10. The first-order chi connectivity index (χ1) is 15.5. The van der Waals surface area contributed by atoms with E-state index in [0.29, 0.717) is 28.4 Å². The number of anilines is 1. The van der Waals surface area contributed by atoms with E-state index in [-0.39, 0.29) is 5.91 Å². The van der Waals surface area contributed by atoms with Crippen LogP contribution in [0.5, 0.6) is 5.75 Å². The van der Waals surface area contributed by atoms with Crippen molar-refractivity contribution in [1.82, 2.24) is 19.7 Å². The first kappa shape index (κ1) is 21.9. The Morgan fingerprint density at radius 2 is 2.03 bits per heavy atom. The molecule has 0 fully saturated rings. The number of amides is 1. The molecule has 1 atom stereocenters. The van der Waals surface area contributed by atoms with Gasteiger partial charge in [-0.3, -0.25) is 9.36 Å². The lowest BCUT2D eigenvalue weighted by Crippen LogP contribution is -2.23. The third kappa shape index (κ3) is 5.12. The predicted molar refractivity (Wildman–Crippen MR) is 123 cm³/mol. The molecule has 4 rings (SSSR count). The van der Waals surface area contributed by atoms with E-state index in [4.69, 9.17) is 20.8 Å². The molecular formula is C22H20ClN5O3S. The van der Waals surface area contributed by atoms with E-state index < -0.39 is 5.25 Å². The second-order valence-corrected chi connectivity index (χ2v) is 8.56. The van der Waals surface area contributed by atoms with Crippen LogP contribution < -0.4 is 10.1 Å². The molecule has 4 aromatic rings. The van der Waals surface area contributed by atoms with Crippen molar-refractivity contribution in [3.63, 3.8) is 0 Å². The van der Waals surface area contributed by atoms with Gasteiger partial charge in [-0.15, -0.1) is 10.2 Å². The zero-order valence-corrected chi connectivity index (χ0v) is 18.9. The van der Waals surface area contributed by atoms with Crippen molar-refractivity contribution in [2.75, 3.05) is 12.4 Å². The molecule has 1 amide bonds. The third-order valence-corrected chi connectivity index (χ3v) is 5.89. The molecule has 8 nitrogen and oxygen atoms in total. The average Bonchev–Trinajstić information content (AvgIpc) is 3.46. The highest BCUT2D eigenvalue weighted by Gasteiger charge is 2.22. The molecule has 0 aliphatic rings. The molecule has 164 valence electrons. The number of hydrogen-bond donors (Lipinski definition) is 1. The molecule has 0 aliphatic carbocycles. The minimum absolute atomic E-state index is 0.205. The second-order valence-electron chi connectivity index (χ2n) is 6.81. The topological polar surface area (TPSA) is 95.1 Å². The number of carbonyl (C=O) groups is 1. The number of thioether (sulfide) groups is 1. The fourth-order valence-corrected chi connectivity index (χ4v) is 3.88. The van der Waals surface area contributed by atoms with Crippen molar-refractivity contribution in [1.29, 1.82) is 0 Å². The number of carbonyl (C=O) groups excluding carboxylic acids is 1. The van der Waals surface area contributed by atoms with Crippen molar-refractivity contribution in [2.24, 2.45) is 0 Å². The Bertz CT molecular complexity index is 1180. The Kier molecular flexibility index (Phi) is 6.77. The predicted octanol–water partition coefficient (Wildman–Crippen LogP) is 4.76. The fourth-order valence-electron chi connectivity index (χ4n) is 2.92. The van der Waals surface area contributed by atoms with E-state index >= 15 is 0 Å². The molecule has 3 heterocycles. The number of halogens is 1. The fraction of sp³-hybridized carbons (Fsp3) is 0.182. The Labute approximate surface area is 194 Å². The minimum Gasteiger partial charge on any atom is -0.497 e. The zero-order chi connectivity index (χ0) is 22.5. The van der Waals surface area contributed by atoms with Crippen molar-refractivity contribution in [2.45, 2.75) is 23.9 Å². The summed E-state index contributed by atoms with van der Waals surface area (Å²) in [5.74, 6) is 2.40. The number of ether oxygens (including phenoxy) is 1. The van der Waals surface area contributed by atoms with Crippen LogP contribution in [-0.4, -0.2) is 38.0 Å². The highest BCUT2D eigenvalue weighted by atomic mass is 35.5. The summed E-state index contributed by atoms with van der Waals surface area (Å²) in [5.41, 5.74) is 0.874. The van der Waals surface area contributed by atoms with Crippen molar-refractivity contribution in [3.05, 3.63) is 71.8 Å². The molecule has 10 heteroatoms. The number of furan rings is 1. The number of rotatable bonds is 8. The molecule has 0 saturated carbocycles. The Morgan fingerprint density at radius 1 is 1.22 bits per heavy atom. The van der Waals surface area contributed by atoms with E-state index in [1.165, 1.54) is 18.0 Å². The van der Waals surface area contributed by atoms with Crippen LogP contribution in [0.2, 0.25) is 5.02 Å². The first-order valence-electron chi connectivity index (χ1n) is 9.72. The highest BCUT2D eigenvalue weighted by Crippen LogP contribution is 2.29. The first-order valence-corrected chi connectivity index (χ1v) is 11.0. The van der Waals surface area contributed by atoms with Gasteiger partial charge in [0.1, 0.15) is 17.3 Å². The lowest BCUT2D eigenvalue weighted by Gasteiger charge is -2.13. The SMILES string of the molecule is COc1ccc(-c2nnc(SC(C)C(=O)Nc3ccc(Cl)cn3)n2Cc2ccco2)cc1. The van der Waals surface area contributed by atoms with Gasteiger partial charge in [-0.2, -0.15) is 0 Å². The Morgan fingerprint density at radius 3 is 2.69 bits per heavy atom. The maximum absolute atomic E-state index is 12.7.